The molecule has 1 unspecified atom stereocenters. The van der Waals surface area contributed by atoms with Crippen molar-refractivity contribution in [2.24, 2.45) is 0 Å². The Morgan fingerprint density at radius 3 is 3.00 bits per heavy atom. The molecule has 2 heterocycles. The molecule has 7 nitrogen and oxygen atoms in total. The van der Waals surface area contributed by atoms with Crippen LogP contribution in [0, 0.1) is 0 Å². The standard InChI is InChI=1S/C17H22N4O3/c22-16(11-14-12-23-9-8-18-14)19-7-6-17-20-15(21-24-17)10-13-4-2-1-3-5-13/h1-5,14,18H,6-12H2,(H,19,22). The molecule has 0 saturated carbocycles. The van der Waals surface area contributed by atoms with E-state index in [-0.39, 0.29) is 11.9 Å². The number of ether oxygens (including phenoxy) is 1. The first-order valence-electron chi connectivity index (χ1n) is 8.23. The summed E-state index contributed by atoms with van der Waals surface area (Å²) in [4.78, 5) is 16.2. The van der Waals surface area contributed by atoms with Gasteiger partial charge in [-0.25, -0.2) is 0 Å². The van der Waals surface area contributed by atoms with E-state index in [9.17, 15) is 4.79 Å². The fourth-order valence-electron chi connectivity index (χ4n) is 2.60. The molecule has 128 valence electrons. The zero-order valence-corrected chi connectivity index (χ0v) is 13.5. The van der Waals surface area contributed by atoms with E-state index >= 15 is 0 Å². The molecule has 1 amide bonds. The SMILES string of the molecule is O=C(CC1COCCN1)NCCc1nc(Cc2ccccc2)no1. The number of amides is 1. The van der Waals surface area contributed by atoms with Crippen LogP contribution in [0.25, 0.3) is 0 Å². The van der Waals surface area contributed by atoms with Gasteiger partial charge in [0.25, 0.3) is 0 Å². The maximum atomic E-state index is 11.9. The van der Waals surface area contributed by atoms with E-state index in [0.717, 1.165) is 12.1 Å². The molecule has 24 heavy (non-hydrogen) atoms. The summed E-state index contributed by atoms with van der Waals surface area (Å²) in [7, 11) is 0. The molecule has 0 radical (unpaired) electrons. The van der Waals surface area contributed by atoms with Gasteiger partial charge in [0.15, 0.2) is 5.82 Å². The van der Waals surface area contributed by atoms with E-state index < -0.39 is 0 Å². The Balaban J connectivity index is 1.38. The highest BCUT2D eigenvalue weighted by atomic mass is 16.5. The Hall–Kier alpha value is -2.25. The molecular formula is C17H22N4O3. The summed E-state index contributed by atoms with van der Waals surface area (Å²) < 4.78 is 10.6. The van der Waals surface area contributed by atoms with Gasteiger partial charge in [-0.05, 0) is 5.56 Å². The van der Waals surface area contributed by atoms with Crippen molar-refractivity contribution in [2.45, 2.75) is 25.3 Å². The molecular weight excluding hydrogens is 308 g/mol. The van der Waals surface area contributed by atoms with Crippen LogP contribution in [0.3, 0.4) is 0 Å². The molecule has 1 fully saturated rings. The summed E-state index contributed by atoms with van der Waals surface area (Å²) in [5.74, 6) is 1.20. The van der Waals surface area contributed by atoms with Crippen LogP contribution >= 0.6 is 0 Å². The first-order valence-corrected chi connectivity index (χ1v) is 8.23. The van der Waals surface area contributed by atoms with Gasteiger partial charge < -0.3 is 19.9 Å². The number of carbonyl (C=O) groups is 1. The second-order valence-corrected chi connectivity index (χ2v) is 5.80. The Labute approximate surface area is 140 Å². The first kappa shape index (κ1) is 16.6. The Morgan fingerprint density at radius 2 is 2.21 bits per heavy atom. The van der Waals surface area contributed by atoms with Gasteiger partial charge in [-0.2, -0.15) is 4.98 Å². The predicted molar refractivity (Wildman–Crippen MR) is 87.5 cm³/mol. The summed E-state index contributed by atoms with van der Waals surface area (Å²) in [5.41, 5.74) is 1.14. The quantitative estimate of drug-likeness (QED) is 0.777. The van der Waals surface area contributed by atoms with Crippen molar-refractivity contribution >= 4 is 5.91 Å². The fourth-order valence-corrected chi connectivity index (χ4v) is 2.60. The van der Waals surface area contributed by atoms with Crippen LogP contribution < -0.4 is 10.6 Å². The largest absolute Gasteiger partial charge is 0.378 e. The van der Waals surface area contributed by atoms with Crippen molar-refractivity contribution in [2.75, 3.05) is 26.3 Å². The average molecular weight is 330 g/mol. The number of nitrogens with zero attached hydrogens (tertiary/aromatic N) is 2. The van der Waals surface area contributed by atoms with Crippen LogP contribution in [-0.2, 0) is 22.4 Å². The first-order chi connectivity index (χ1) is 11.8. The lowest BCUT2D eigenvalue weighted by Crippen LogP contribution is -2.44. The molecule has 3 rings (SSSR count). The molecule has 1 aromatic heterocycles. The topological polar surface area (TPSA) is 89.3 Å². The van der Waals surface area contributed by atoms with Gasteiger partial charge in [0, 0.05) is 38.4 Å². The van der Waals surface area contributed by atoms with Gasteiger partial charge in [-0.1, -0.05) is 35.5 Å². The van der Waals surface area contributed by atoms with Crippen molar-refractivity contribution in [3.05, 3.63) is 47.6 Å². The molecule has 1 aromatic carbocycles. The third kappa shape index (κ3) is 5.14. The smallest absolute Gasteiger partial charge is 0.228 e. The van der Waals surface area contributed by atoms with E-state index in [1.54, 1.807) is 0 Å². The van der Waals surface area contributed by atoms with Crippen molar-refractivity contribution in [3.8, 4) is 0 Å². The number of hydrogen-bond donors (Lipinski definition) is 2. The average Bonchev–Trinajstić information content (AvgIpc) is 3.04. The minimum atomic E-state index is 0.00187. The summed E-state index contributed by atoms with van der Waals surface area (Å²) >= 11 is 0. The van der Waals surface area contributed by atoms with Crippen LogP contribution in [0.5, 0.6) is 0 Å². The van der Waals surface area contributed by atoms with Gasteiger partial charge in [-0.15, -0.1) is 0 Å². The molecule has 7 heteroatoms. The Bertz CT molecular complexity index is 638. The molecule has 0 aliphatic carbocycles. The number of hydrogen-bond acceptors (Lipinski definition) is 6. The van der Waals surface area contributed by atoms with Crippen molar-refractivity contribution < 1.29 is 14.1 Å². The van der Waals surface area contributed by atoms with Gasteiger partial charge in [0.2, 0.25) is 11.8 Å². The van der Waals surface area contributed by atoms with Gasteiger partial charge in [0.05, 0.1) is 13.2 Å². The minimum Gasteiger partial charge on any atom is -0.378 e. The maximum absolute atomic E-state index is 11.9. The van der Waals surface area contributed by atoms with Crippen LogP contribution in [0.1, 0.15) is 23.7 Å². The zero-order chi connectivity index (χ0) is 16.6. The molecule has 0 bridgehead atoms. The maximum Gasteiger partial charge on any atom is 0.228 e. The Morgan fingerprint density at radius 1 is 1.33 bits per heavy atom. The summed E-state index contributed by atoms with van der Waals surface area (Å²) in [6.45, 7) is 2.57. The number of carbonyl (C=O) groups excluding carboxylic acids is 1. The zero-order valence-electron chi connectivity index (χ0n) is 13.5. The summed E-state index contributed by atoms with van der Waals surface area (Å²) in [6, 6.07) is 10.1. The highest BCUT2D eigenvalue weighted by molar-refractivity contribution is 5.76. The van der Waals surface area contributed by atoms with E-state index in [0.29, 0.717) is 50.7 Å². The van der Waals surface area contributed by atoms with E-state index in [2.05, 4.69) is 20.8 Å². The highest BCUT2D eigenvalue weighted by Crippen LogP contribution is 2.06. The lowest BCUT2D eigenvalue weighted by Gasteiger charge is -2.23. The monoisotopic (exact) mass is 330 g/mol. The van der Waals surface area contributed by atoms with Crippen LogP contribution in [0.2, 0.25) is 0 Å². The minimum absolute atomic E-state index is 0.00187. The lowest BCUT2D eigenvalue weighted by atomic mass is 10.1. The van der Waals surface area contributed by atoms with Crippen LogP contribution in [-0.4, -0.2) is 48.4 Å². The van der Waals surface area contributed by atoms with Crippen molar-refractivity contribution in [1.82, 2.24) is 20.8 Å². The normalized spacial score (nSPS) is 17.6. The molecule has 1 aliphatic heterocycles. The van der Waals surface area contributed by atoms with E-state index in [1.807, 2.05) is 30.3 Å². The van der Waals surface area contributed by atoms with Gasteiger partial charge >= 0.3 is 0 Å². The van der Waals surface area contributed by atoms with E-state index in [1.165, 1.54) is 0 Å². The van der Waals surface area contributed by atoms with Gasteiger partial charge in [-0.3, -0.25) is 4.79 Å². The summed E-state index contributed by atoms with van der Waals surface area (Å²) in [6.07, 6.45) is 1.59. The number of benzene rings is 1. The lowest BCUT2D eigenvalue weighted by molar-refractivity contribution is -0.122. The Kier molecular flexibility index (Phi) is 5.92. The van der Waals surface area contributed by atoms with E-state index in [4.69, 9.17) is 9.26 Å². The number of morpholine rings is 1. The molecule has 1 saturated heterocycles. The summed E-state index contributed by atoms with van der Waals surface area (Å²) in [5, 5.41) is 10.1. The van der Waals surface area contributed by atoms with Gasteiger partial charge in [0.1, 0.15) is 0 Å². The van der Waals surface area contributed by atoms with Crippen LogP contribution in [0.15, 0.2) is 34.9 Å². The number of aromatic nitrogens is 2. The molecule has 1 atom stereocenters. The predicted octanol–water partition coefficient (Wildman–Crippen LogP) is 0.698. The third-order valence-electron chi connectivity index (χ3n) is 3.81. The highest BCUT2D eigenvalue weighted by Gasteiger charge is 2.16. The molecule has 2 N–H and O–H groups in total. The van der Waals surface area contributed by atoms with Crippen LogP contribution in [0.4, 0.5) is 0 Å². The van der Waals surface area contributed by atoms with Crippen molar-refractivity contribution in [3.63, 3.8) is 0 Å². The number of nitrogens with one attached hydrogen (secondary N) is 2. The molecule has 0 spiro atoms. The molecule has 1 aliphatic rings. The number of rotatable bonds is 7. The molecule has 2 aromatic rings. The second-order valence-electron chi connectivity index (χ2n) is 5.80. The second kappa shape index (κ2) is 8.56. The fraction of sp³-hybridized carbons (Fsp3) is 0.471. The van der Waals surface area contributed by atoms with Crippen molar-refractivity contribution in [1.29, 1.82) is 0 Å². The third-order valence-corrected chi connectivity index (χ3v) is 3.81.